The van der Waals surface area contributed by atoms with Gasteiger partial charge in [0.15, 0.2) is 33.6 Å². The number of fused-ring (bicyclic) bond motifs is 2. The van der Waals surface area contributed by atoms with E-state index in [1.165, 1.54) is 23.7 Å². The average molecular weight is 512 g/mol. The summed E-state index contributed by atoms with van der Waals surface area (Å²) < 4.78 is 14.1. The number of anilines is 1. The maximum absolute atomic E-state index is 6.16. The third-order valence-corrected chi connectivity index (χ3v) is 7.54. The summed E-state index contributed by atoms with van der Waals surface area (Å²) in [5.41, 5.74) is 8.79. The van der Waals surface area contributed by atoms with Crippen molar-refractivity contribution in [3.05, 3.63) is 58.8 Å². The zero-order chi connectivity index (χ0) is 22.2. The molecule has 9 heteroatoms. The van der Waals surface area contributed by atoms with Gasteiger partial charge < -0.3 is 19.8 Å². The quantitative estimate of drug-likeness (QED) is 0.366. The molecule has 2 aromatic carbocycles. The second-order valence-corrected chi connectivity index (χ2v) is 9.80. The normalized spacial score (nSPS) is 13.8. The molecule has 1 aliphatic heterocycles. The van der Waals surface area contributed by atoms with Crippen LogP contribution in [-0.2, 0) is 6.54 Å². The standard InChI is InChI=1S/C23H22BrN5O2S/c1-13(2)15(14-6-4-3-5-7-14)10-29-22-20(21(25)26-11-27-22)28-23(29)32-19-9-18-17(8-16(19)24)30-12-31-18/h3-9,11,13,15H,10,12H2,1-2H3,(H2,25,26,27). The number of ether oxygens (including phenoxy) is 2. The van der Waals surface area contributed by atoms with Crippen molar-refractivity contribution in [1.82, 2.24) is 19.5 Å². The van der Waals surface area contributed by atoms with Gasteiger partial charge in [0, 0.05) is 21.8 Å². The molecule has 0 saturated heterocycles. The molecule has 3 heterocycles. The fourth-order valence-corrected chi connectivity index (χ4v) is 5.34. The molecular weight excluding hydrogens is 490 g/mol. The number of nitrogens with zero attached hydrogens (tertiary/aromatic N) is 4. The summed E-state index contributed by atoms with van der Waals surface area (Å²) in [6.45, 7) is 5.43. The van der Waals surface area contributed by atoms with Crippen molar-refractivity contribution in [2.75, 3.05) is 12.5 Å². The molecule has 1 atom stereocenters. The van der Waals surface area contributed by atoms with Crippen LogP contribution in [0.3, 0.4) is 0 Å². The molecule has 164 valence electrons. The third-order valence-electron chi connectivity index (χ3n) is 5.57. The Morgan fingerprint density at radius 3 is 2.62 bits per heavy atom. The van der Waals surface area contributed by atoms with Crippen LogP contribution in [0.2, 0.25) is 0 Å². The molecular formula is C23H22BrN5O2S. The van der Waals surface area contributed by atoms with E-state index in [4.69, 9.17) is 20.2 Å². The number of aromatic nitrogens is 4. The number of rotatable bonds is 6. The average Bonchev–Trinajstić information content (AvgIpc) is 3.37. The first-order valence-corrected chi connectivity index (χ1v) is 11.9. The van der Waals surface area contributed by atoms with Gasteiger partial charge in [0.1, 0.15) is 6.33 Å². The maximum atomic E-state index is 6.16. The number of imidazole rings is 1. The molecule has 0 aliphatic carbocycles. The van der Waals surface area contributed by atoms with E-state index < -0.39 is 0 Å². The summed E-state index contributed by atoms with van der Waals surface area (Å²) in [5, 5.41) is 0.799. The summed E-state index contributed by atoms with van der Waals surface area (Å²) in [6, 6.07) is 14.4. The van der Waals surface area contributed by atoms with Crippen molar-refractivity contribution in [2.45, 2.75) is 36.4 Å². The zero-order valence-corrected chi connectivity index (χ0v) is 20.1. The Morgan fingerprint density at radius 2 is 1.88 bits per heavy atom. The molecule has 1 unspecified atom stereocenters. The lowest BCUT2D eigenvalue weighted by Crippen LogP contribution is -2.16. The van der Waals surface area contributed by atoms with Crippen molar-refractivity contribution < 1.29 is 9.47 Å². The molecule has 0 spiro atoms. The van der Waals surface area contributed by atoms with Crippen molar-refractivity contribution in [3.8, 4) is 11.5 Å². The van der Waals surface area contributed by atoms with E-state index in [1.807, 2.05) is 18.2 Å². The monoisotopic (exact) mass is 511 g/mol. The molecule has 0 bridgehead atoms. The van der Waals surface area contributed by atoms with Gasteiger partial charge in [-0.1, -0.05) is 55.9 Å². The van der Waals surface area contributed by atoms with Crippen molar-refractivity contribution >= 4 is 44.7 Å². The largest absolute Gasteiger partial charge is 0.454 e. The van der Waals surface area contributed by atoms with Crippen LogP contribution < -0.4 is 15.2 Å². The first-order chi connectivity index (χ1) is 15.5. The summed E-state index contributed by atoms with van der Waals surface area (Å²) in [7, 11) is 0. The Morgan fingerprint density at radius 1 is 1.12 bits per heavy atom. The van der Waals surface area contributed by atoms with E-state index in [0.29, 0.717) is 17.3 Å². The van der Waals surface area contributed by atoms with Gasteiger partial charge in [-0.2, -0.15) is 0 Å². The molecule has 1 aliphatic rings. The summed E-state index contributed by atoms with van der Waals surface area (Å²) in [6.07, 6.45) is 1.49. The fourth-order valence-electron chi connectivity index (χ4n) is 3.85. The Balaban J connectivity index is 1.59. The van der Waals surface area contributed by atoms with Gasteiger partial charge in [-0.3, -0.25) is 0 Å². The minimum Gasteiger partial charge on any atom is -0.454 e. The van der Waals surface area contributed by atoms with Crippen LogP contribution in [0.1, 0.15) is 25.3 Å². The summed E-state index contributed by atoms with van der Waals surface area (Å²) in [4.78, 5) is 14.5. The fraction of sp³-hybridized carbons (Fsp3) is 0.261. The smallest absolute Gasteiger partial charge is 0.231 e. The van der Waals surface area contributed by atoms with Crippen molar-refractivity contribution in [2.24, 2.45) is 5.92 Å². The second-order valence-electron chi connectivity index (χ2n) is 7.94. The molecule has 0 radical (unpaired) electrons. The number of hydrogen-bond donors (Lipinski definition) is 1. The molecule has 32 heavy (non-hydrogen) atoms. The minimum absolute atomic E-state index is 0.230. The summed E-state index contributed by atoms with van der Waals surface area (Å²) in [5.74, 6) is 2.53. The van der Waals surface area contributed by atoms with Gasteiger partial charge in [-0.05, 0) is 39.5 Å². The van der Waals surface area contributed by atoms with E-state index in [1.54, 1.807) is 0 Å². The van der Waals surface area contributed by atoms with E-state index in [2.05, 4.69) is 68.6 Å². The maximum Gasteiger partial charge on any atom is 0.231 e. The molecule has 0 fully saturated rings. The summed E-state index contributed by atoms with van der Waals surface area (Å²) >= 11 is 5.19. The number of nitrogen functional groups attached to an aromatic ring is 1. The first kappa shape index (κ1) is 21.1. The van der Waals surface area contributed by atoms with E-state index in [9.17, 15) is 0 Å². The lowest BCUT2D eigenvalue weighted by Gasteiger charge is -2.23. The molecule has 0 amide bonds. The van der Waals surface area contributed by atoms with Gasteiger partial charge in [0.2, 0.25) is 6.79 Å². The van der Waals surface area contributed by atoms with E-state index in [-0.39, 0.29) is 12.7 Å². The Hall–Kier alpha value is -2.78. The minimum atomic E-state index is 0.230. The van der Waals surface area contributed by atoms with Crippen LogP contribution in [0.25, 0.3) is 11.2 Å². The van der Waals surface area contributed by atoms with Crippen LogP contribution in [-0.4, -0.2) is 26.3 Å². The lowest BCUT2D eigenvalue weighted by molar-refractivity contribution is 0.174. The first-order valence-electron chi connectivity index (χ1n) is 10.3. The predicted octanol–water partition coefficient (Wildman–Crippen LogP) is 5.49. The van der Waals surface area contributed by atoms with Crippen LogP contribution in [0, 0.1) is 5.92 Å². The van der Waals surface area contributed by atoms with Crippen molar-refractivity contribution in [3.63, 3.8) is 0 Å². The van der Waals surface area contributed by atoms with Crippen molar-refractivity contribution in [1.29, 1.82) is 0 Å². The molecule has 2 aromatic heterocycles. The Bertz CT molecular complexity index is 1280. The van der Waals surface area contributed by atoms with Gasteiger partial charge >= 0.3 is 0 Å². The third kappa shape index (κ3) is 3.91. The predicted molar refractivity (Wildman–Crippen MR) is 128 cm³/mol. The Labute approximate surface area is 198 Å². The van der Waals surface area contributed by atoms with Crippen LogP contribution in [0.5, 0.6) is 11.5 Å². The second kappa shape index (κ2) is 8.63. The number of nitrogens with two attached hydrogens (primary N) is 1. The molecule has 0 saturated carbocycles. The lowest BCUT2D eigenvalue weighted by atomic mass is 9.88. The SMILES string of the molecule is CC(C)C(Cn1c(Sc2cc3c(cc2Br)OCO3)nc2c(N)ncnc21)c1ccccc1. The number of benzene rings is 2. The highest BCUT2D eigenvalue weighted by Gasteiger charge is 2.24. The van der Waals surface area contributed by atoms with Gasteiger partial charge in [-0.25, -0.2) is 15.0 Å². The molecule has 2 N–H and O–H groups in total. The van der Waals surface area contributed by atoms with Crippen LogP contribution in [0.4, 0.5) is 5.82 Å². The van der Waals surface area contributed by atoms with Gasteiger partial charge in [0.25, 0.3) is 0 Å². The molecule has 4 aromatic rings. The molecule has 5 rings (SSSR count). The van der Waals surface area contributed by atoms with Crippen LogP contribution >= 0.6 is 27.7 Å². The van der Waals surface area contributed by atoms with E-state index in [0.717, 1.165) is 38.2 Å². The number of hydrogen-bond acceptors (Lipinski definition) is 7. The number of halogens is 1. The highest BCUT2D eigenvalue weighted by molar-refractivity contribution is 9.10. The topological polar surface area (TPSA) is 88.1 Å². The van der Waals surface area contributed by atoms with E-state index >= 15 is 0 Å². The highest BCUT2D eigenvalue weighted by atomic mass is 79.9. The van der Waals surface area contributed by atoms with Crippen LogP contribution in [0.15, 0.2) is 63.3 Å². The van der Waals surface area contributed by atoms with Gasteiger partial charge in [0.05, 0.1) is 0 Å². The molecule has 7 nitrogen and oxygen atoms in total. The highest BCUT2D eigenvalue weighted by Crippen LogP contribution is 2.43. The zero-order valence-electron chi connectivity index (χ0n) is 17.7. The van der Waals surface area contributed by atoms with Gasteiger partial charge in [-0.15, -0.1) is 0 Å². The Kier molecular flexibility index (Phi) is 5.69.